The van der Waals surface area contributed by atoms with Gasteiger partial charge in [0, 0.05) is 51.2 Å². The van der Waals surface area contributed by atoms with Crippen molar-refractivity contribution in [2.75, 3.05) is 31.6 Å². The monoisotopic (exact) mass is 426 g/mol. The van der Waals surface area contributed by atoms with Crippen molar-refractivity contribution in [3.8, 4) is 5.88 Å². The van der Waals surface area contributed by atoms with E-state index in [0.717, 1.165) is 12.0 Å². The molecule has 11 heteroatoms. The SMILES string of the molecule is CN=C(NCc1ccc(OCC(F)(F)F)nc1)NC1CCN(c2ncccc2F)C1. The van der Waals surface area contributed by atoms with E-state index in [1.165, 1.54) is 18.3 Å². The third kappa shape index (κ3) is 6.19. The number of ether oxygens (including phenoxy) is 1. The first-order valence-corrected chi connectivity index (χ1v) is 9.31. The molecule has 7 nitrogen and oxygen atoms in total. The Morgan fingerprint density at radius 3 is 2.80 bits per heavy atom. The number of hydrogen-bond acceptors (Lipinski definition) is 5. The maximum absolute atomic E-state index is 13.9. The molecule has 1 fully saturated rings. The number of guanidine groups is 1. The molecule has 1 unspecified atom stereocenters. The zero-order valence-electron chi connectivity index (χ0n) is 16.3. The van der Waals surface area contributed by atoms with Crippen molar-refractivity contribution in [2.45, 2.75) is 25.2 Å². The lowest BCUT2D eigenvalue weighted by Gasteiger charge is -2.20. The highest BCUT2D eigenvalue weighted by molar-refractivity contribution is 5.80. The average molecular weight is 426 g/mol. The zero-order chi connectivity index (χ0) is 21.6. The lowest BCUT2D eigenvalue weighted by atomic mass is 10.2. The third-order valence-corrected chi connectivity index (χ3v) is 4.43. The largest absolute Gasteiger partial charge is 0.468 e. The quantitative estimate of drug-likeness (QED) is 0.420. The summed E-state index contributed by atoms with van der Waals surface area (Å²) in [6.45, 7) is 0.250. The number of rotatable bonds is 6. The Kier molecular flexibility index (Phi) is 6.91. The molecule has 3 rings (SSSR count). The van der Waals surface area contributed by atoms with E-state index in [9.17, 15) is 17.6 Å². The van der Waals surface area contributed by atoms with Gasteiger partial charge in [-0.3, -0.25) is 4.99 Å². The average Bonchev–Trinajstić information content (AvgIpc) is 3.18. The van der Waals surface area contributed by atoms with E-state index in [4.69, 9.17) is 0 Å². The first kappa shape index (κ1) is 21.6. The summed E-state index contributed by atoms with van der Waals surface area (Å²) < 4.78 is 55.0. The summed E-state index contributed by atoms with van der Waals surface area (Å²) in [4.78, 5) is 14.0. The van der Waals surface area contributed by atoms with Gasteiger partial charge in [0.2, 0.25) is 5.88 Å². The molecule has 162 valence electrons. The minimum absolute atomic E-state index is 0.0638. The van der Waals surface area contributed by atoms with Gasteiger partial charge in [0.25, 0.3) is 0 Å². The topological polar surface area (TPSA) is 74.7 Å². The first-order valence-electron chi connectivity index (χ1n) is 9.31. The number of aliphatic imine (C=N–C) groups is 1. The van der Waals surface area contributed by atoms with Gasteiger partial charge in [0.15, 0.2) is 24.2 Å². The molecule has 2 aromatic rings. The van der Waals surface area contributed by atoms with Crippen molar-refractivity contribution < 1.29 is 22.3 Å². The molecule has 0 bridgehead atoms. The number of nitrogens with zero attached hydrogens (tertiary/aromatic N) is 4. The van der Waals surface area contributed by atoms with Crippen LogP contribution in [-0.2, 0) is 6.54 Å². The number of nitrogens with one attached hydrogen (secondary N) is 2. The van der Waals surface area contributed by atoms with Crippen LogP contribution in [0.2, 0.25) is 0 Å². The molecule has 2 aromatic heterocycles. The van der Waals surface area contributed by atoms with Crippen LogP contribution in [0.5, 0.6) is 5.88 Å². The van der Waals surface area contributed by atoms with Crippen LogP contribution >= 0.6 is 0 Å². The summed E-state index contributed by atoms with van der Waals surface area (Å²) in [5, 5.41) is 6.40. The molecule has 2 N–H and O–H groups in total. The van der Waals surface area contributed by atoms with Crippen molar-refractivity contribution in [3.63, 3.8) is 0 Å². The van der Waals surface area contributed by atoms with E-state index in [-0.39, 0.29) is 17.7 Å². The molecule has 1 aliphatic heterocycles. The molecule has 3 heterocycles. The minimum atomic E-state index is -4.40. The highest BCUT2D eigenvalue weighted by atomic mass is 19.4. The van der Waals surface area contributed by atoms with E-state index in [1.54, 1.807) is 25.4 Å². The van der Waals surface area contributed by atoms with E-state index in [2.05, 4.69) is 30.3 Å². The normalized spacial score (nSPS) is 17.2. The van der Waals surface area contributed by atoms with Crippen LogP contribution in [0.25, 0.3) is 0 Å². The van der Waals surface area contributed by atoms with E-state index < -0.39 is 12.8 Å². The number of aromatic nitrogens is 2. The molecule has 0 saturated carbocycles. The maximum atomic E-state index is 13.9. The van der Waals surface area contributed by atoms with E-state index in [0.29, 0.717) is 31.4 Å². The summed E-state index contributed by atoms with van der Waals surface area (Å²) in [5.41, 5.74) is 0.751. The standard InChI is InChI=1S/C19H22F4N6O/c1-24-18(27-10-13-4-5-16(26-9-13)30-12-19(21,22)23)28-14-6-8-29(11-14)17-15(20)3-2-7-25-17/h2-5,7,9,14H,6,8,10-12H2,1H3,(H2,24,27,28). The predicted octanol–water partition coefficient (Wildman–Crippen LogP) is 2.50. The van der Waals surface area contributed by atoms with E-state index >= 15 is 0 Å². The fraction of sp³-hybridized carbons (Fsp3) is 0.421. The van der Waals surface area contributed by atoms with Gasteiger partial charge in [-0.25, -0.2) is 14.4 Å². The molecular formula is C19H22F4N6O. The van der Waals surface area contributed by atoms with Gasteiger partial charge < -0.3 is 20.3 Å². The number of hydrogen-bond donors (Lipinski definition) is 2. The molecule has 0 amide bonds. The molecule has 30 heavy (non-hydrogen) atoms. The Bertz CT molecular complexity index is 859. The number of alkyl halides is 3. The Labute approximate surface area is 171 Å². The van der Waals surface area contributed by atoms with Crippen molar-refractivity contribution in [3.05, 3.63) is 48.0 Å². The second-order valence-corrected chi connectivity index (χ2v) is 6.72. The van der Waals surface area contributed by atoms with Gasteiger partial charge in [-0.1, -0.05) is 6.07 Å². The first-order chi connectivity index (χ1) is 14.3. The van der Waals surface area contributed by atoms with Crippen LogP contribution in [0.3, 0.4) is 0 Å². The lowest BCUT2D eigenvalue weighted by Crippen LogP contribution is -2.44. The number of pyridine rings is 2. The zero-order valence-corrected chi connectivity index (χ0v) is 16.3. The summed E-state index contributed by atoms with van der Waals surface area (Å²) in [6, 6.07) is 6.01. The molecule has 1 aliphatic rings. The molecular weight excluding hydrogens is 404 g/mol. The minimum Gasteiger partial charge on any atom is -0.468 e. The Morgan fingerprint density at radius 2 is 2.13 bits per heavy atom. The number of anilines is 1. The summed E-state index contributed by atoms with van der Waals surface area (Å²) in [5.74, 6) is 0.451. The maximum Gasteiger partial charge on any atom is 0.422 e. The third-order valence-electron chi connectivity index (χ3n) is 4.43. The van der Waals surface area contributed by atoms with Crippen LogP contribution in [0.15, 0.2) is 41.7 Å². The van der Waals surface area contributed by atoms with Gasteiger partial charge in [0.1, 0.15) is 0 Å². The molecule has 1 saturated heterocycles. The predicted molar refractivity (Wildman–Crippen MR) is 104 cm³/mol. The van der Waals surface area contributed by atoms with Crippen molar-refractivity contribution in [1.29, 1.82) is 0 Å². The van der Waals surface area contributed by atoms with Crippen molar-refractivity contribution in [2.24, 2.45) is 4.99 Å². The van der Waals surface area contributed by atoms with Crippen molar-refractivity contribution >= 4 is 11.8 Å². The smallest absolute Gasteiger partial charge is 0.422 e. The Hall–Kier alpha value is -3.11. The van der Waals surface area contributed by atoms with Crippen LogP contribution in [0.1, 0.15) is 12.0 Å². The highest BCUT2D eigenvalue weighted by Gasteiger charge is 2.28. The van der Waals surface area contributed by atoms with Gasteiger partial charge >= 0.3 is 6.18 Å². The van der Waals surface area contributed by atoms with Crippen molar-refractivity contribution in [1.82, 2.24) is 20.6 Å². The van der Waals surface area contributed by atoms with E-state index in [1.807, 2.05) is 4.90 Å². The molecule has 0 aliphatic carbocycles. The second-order valence-electron chi connectivity index (χ2n) is 6.72. The van der Waals surface area contributed by atoms with Crippen LogP contribution in [0, 0.1) is 5.82 Å². The van der Waals surface area contributed by atoms with Gasteiger partial charge in [0.05, 0.1) is 0 Å². The van der Waals surface area contributed by atoms with Crippen LogP contribution in [0.4, 0.5) is 23.4 Å². The summed E-state index contributed by atoms with van der Waals surface area (Å²) >= 11 is 0. The molecule has 0 aromatic carbocycles. The highest BCUT2D eigenvalue weighted by Crippen LogP contribution is 2.21. The molecule has 1 atom stereocenters. The molecule has 0 radical (unpaired) electrons. The van der Waals surface area contributed by atoms with Crippen LogP contribution in [-0.4, -0.2) is 54.9 Å². The molecule has 0 spiro atoms. The Morgan fingerprint density at radius 1 is 1.30 bits per heavy atom. The van der Waals surface area contributed by atoms with Gasteiger partial charge in [-0.05, 0) is 24.1 Å². The fourth-order valence-electron chi connectivity index (χ4n) is 3.01. The summed E-state index contributed by atoms with van der Waals surface area (Å²) in [7, 11) is 1.63. The lowest BCUT2D eigenvalue weighted by molar-refractivity contribution is -0.154. The summed E-state index contributed by atoms with van der Waals surface area (Å²) in [6.07, 6.45) is -0.609. The Balaban J connectivity index is 1.47. The fourth-order valence-corrected chi connectivity index (χ4v) is 3.01. The van der Waals surface area contributed by atoms with Crippen LogP contribution < -0.4 is 20.3 Å². The van der Waals surface area contributed by atoms with Gasteiger partial charge in [-0.15, -0.1) is 0 Å². The number of halogens is 4. The second kappa shape index (κ2) is 9.59. The van der Waals surface area contributed by atoms with Gasteiger partial charge in [-0.2, -0.15) is 13.2 Å².